The zero-order valence-corrected chi connectivity index (χ0v) is 10.2. The summed E-state index contributed by atoms with van der Waals surface area (Å²) in [4.78, 5) is 0. The number of rotatable bonds is 7. The lowest BCUT2D eigenvalue weighted by Gasteiger charge is -2.25. The lowest BCUT2D eigenvalue weighted by molar-refractivity contribution is 0.0124. The molecule has 86 valence electrons. The first-order valence-electron chi connectivity index (χ1n) is 5.31. The summed E-state index contributed by atoms with van der Waals surface area (Å²) in [6.07, 6.45) is 1.72. The maximum absolute atomic E-state index is 9.72. The highest BCUT2D eigenvalue weighted by Crippen LogP contribution is 2.12. The normalized spacial score (nSPS) is 16.7. The van der Waals surface area contributed by atoms with Crippen molar-refractivity contribution in [1.29, 1.82) is 0 Å². The van der Waals surface area contributed by atoms with Crippen LogP contribution in [0.25, 0.3) is 0 Å². The van der Waals surface area contributed by atoms with Crippen LogP contribution in [0.1, 0.15) is 40.5 Å². The minimum Gasteiger partial charge on any atom is -0.389 e. The van der Waals surface area contributed by atoms with Gasteiger partial charge in [0, 0.05) is 13.7 Å². The molecular weight excluding hydrogens is 178 g/mol. The van der Waals surface area contributed by atoms with Crippen molar-refractivity contribution in [3.63, 3.8) is 0 Å². The summed E-state index contributed by atoms with van der Waals surface area (Å²) in [5.74, 6) is 0. The molecule has 0 aromatic carbocycles. The SMILES string of the molecule is CCC(C)(O)CNCCC(C)(C)OC. The van der Waals surface area contributed by atoms with Gasteiger partial charge in [-0.3, -0.25) is 0 Å². The van der Waals surface area contributed by atoms with Gasteiger partial charge in [0.25, 0.3) is 0 Å². The van der Waals surface area contributed by atoms with Gasteiger partial charge in [0.1, 0.15) is 0 Å². The molecule has 0 spiro atoms. The van der Waals surface area contributed by atoms with Crippen LogP contribution in [0.4, 0.5) is 0 Å². The lowest BCUT2D eigenvalue weighted by Crippen LogP contribution is -2.39. The van der Waals surface area contributed by atoms with E-state index in [1.807, 2.05) is 13.8 Å². The van der Waals surface area contributed by atoms with Crippen molar-refractivity contribution < 1.29 is 9.84 Å². The standard InChI is InChI=1S/C11H25NO2/c1-6-11(4,13)9-12-8-7-10(2,3)14-5/h12-13H,6-9H2,1-5H3. The van der Waals surface area contributed by atoms with Gasteiger partial charge in [0.2, 0.25) is 0 Å². The Balaban J connectivity index is 3.57. The van der Waals surface area contributed by atoms with E-state index in [1.54, 1.807) is 7.11 Å². The molecular formula is C11H25NO2. The number of hydrogen-bond acceptors (Lipinski definition) is 3. The van der Waals surface area contributed by atoms with Gasteiger partial charge < -0.3 is 15.2 Å². The quantitative estimate of drug-likeness (QED) is 0.617. The Morgan fingerprint density at radius 2 is 1.86 bits per heavy atom. The van der Waals surface area contributed by atoms with Crippen LogP contribution in [0, 0.1) is 0 Å². The van der Waals surface area contributed by atoms with E-state index < -0.39 is 5.60 Å². The Hall–Kier alpha value is -0.120. The van der Waals surface area contributed by atoms with Gasteiger partial charge in [0.15, 0.2) is 0 Å². The zero-order valence-electron chi connectivity index (χ0n) is 10.2. The van der Waals surface area contributed by atoms with E-state index in [2.05, 4.69) is 19.2 Å². The number of aliphatic hydroxyl groups is 1. The van der Waals surface area contributed by atoms with Crippen LogP contribution in [-0.4, -0.2) is 36.5 Å². The van der Waals surface area contributed by atoms with E-state index in [1.165, 1.54) is 0 Å². The highest BCUT2D eigenvalue weighted by atomic mass is 16.5. The Kier molecular flexibility index (Phi) is 5.64. The van der Waals surface area contributed by atoms with Gasteiger partial charge in [-0.25, -0.2) is 0 Å². The third-order valence-electron chi connectivity index (χ3n) is 2.72. The maximum Gasteiger partial charge on any atom is 0.0740 e. The molecule has 0 heterocycles. The summed E-state index contributed by atoms with van der Waals surface area (Å²) in [6.45, 7) is 9.47. The van der Waals surface area contributed by atoms with Gasteiger partial charge in [0.05, 0.1) is 11.2 Å². The van der Waals surface area contributed by atoms with Gasteiger partial charge in [-0.05, 0) is 40.2 Å². The molecule has 14 heavy (non-hydrogen) atoms. The summed E-state index contributed by atoms with van der Waals surface area (Å²) in [5.41, 5.74) is -0.664. The molecule has 0 aliphatic heterocycles. The average molecular weight is 203 g/mol. The second kappa shape index (κ2) is 5.69. The van der Waals surface area contributed by atoms with Crippen molar-refractivity contribution in [2.24, 2.45) is 0 Å². The van der Waals surface area contributed by atoms with Crippen molar-refractivity contribution in [3.05, 3.63) is 0 Å². The van der Waals surface area contributed by atoms with Crippen LogP contribution in [-0.2, 0) is 4.74 Å². The minimum absolute atomic E-state index is 0.0783. The summed E-state index contributed by atoms with van der Waals surface area (Å²) >= 11 is 0. The Morgan fingerprint density at radius 3 is 2.29 bits per heavy atom. The molecule has 0 bridgehead atoms. The third kappa shape index (κ3) is 6.35. The van der Waals surface area contributed by atoms with Gasteiger partial charge in [-0.2, -0.15) is 0 Å². The van der Waals surface area contributed by atoms with E-state index in [9.17, 15) is 5.11 Å². The topological polar surface area (TPSA) is 41.5 Å². The Morgan fingerprint density at radius 1 is 1.29 bits per heavy atom. The molecule has 0 rings (SSSR count). The second-order valence-electron chi connectivity index (χ2n) is 4.74. The molecule has 0 aliphatic rings. The van der Waals surface area contributed by atoms with Gasteiger partial charge >= 0.3 is 0 Å². The zero-order chi connectivity index (χ0) is 11.2. The monoisotopic (exact) mass is 203 g/mol. The van der Waals surface area contributed by atoms with E-state index in [-0.39, 0.29) is 5.60 Å². The van der Waals surface area contributed by atoms with E-state index in [0.29, 0.717) is 6.54 Å². The molecule has 3 nitrogen and oxygen atoms in total. The van der Waals surface area contributed by atoms with Crippen LogP contribution in [0.15, 0.2) is 0 Å². The molecule has 0 saturated heterocycles. The summed E-state index contributed by atoms with van der Waals surface area (Å²) < 4.78 is 5.29. The predicted octanol–water partition coefficient (Wildman–Crippen LogP) is 1.55. The number of ether oxygens (including phenoxy) is 1. The van der Waals surface area contributed by atoms with Crippen molar-refractivity contribution in [2.45, 2.75) is 51.7 Å². The molecule has 3 heteroatoms. The summed E-state index contributed by atoms with van der Waals surface area (Å²) in [7, 11) is 1.72. The fraction of sp³-hybridized carbons (Fsp3) is 1.00. The van der Waals surface area contributed by atoms with Crippen molar-refractivity contribution in [3.8, 4) is 0 Å². The molecule has 0 aliphatic carbocycles. The molecule has 0 fully saturated rings. The predicted molar refractivity (Wildman–Crippen MR) is 59.5 cm³/mol. The molecule has 1 unspecified atom stereocenters. The van der Waals surface area contributed by atoms with Crippen molar-refractivity contribution >= 4 is 0 Å². The maximum atomic E-state index is 9.72. The van der Waals surface area contributed by atoms with Gasteiger partial charge in [-0.15, -0.1) is 0 Å². The van der Waals surface area contributed by atoms with Crippen LogP contribution < -0.4 is 5.32 Å². The first kappa shape index (κ1) is 13.9. The Bertz CT molecular complexity index is 137. The molecule has 0 radical (unpaired) electrons. The first-order valence-corrected chi connectivity index (χ1v) is 5.31. The Labute approximate surface area is 87.8 Å². The number of methoxy groups -OCH3 is 1. The first-order chi connectivity index (χ1) is 6.33. The minimum atomic E-state index is -0.586. The van der Waals surface area contributed by atoms with Crippen molar-refractivity contribution in [2.75, 3.05) is 20.2 Å². The van der Waals surface area contributed by atoms with Gasteiger partial charge in [-0.1, -0.05) is 6.92 Å². The molecule has 0 amide bonds. The largest absolute Gasteiger partial charge is 0.389 e. The molecule has 0 aromatic rings. The van der Waals surface area contributed by atoms with Crippen molar-refractivity contribution in [1.82, 2.24) is 5.32 Å². The lowest BCUT2D eigenvalue weighted by atomic mass is 10.0. The third-order valence-corrected chi connectivity index (χ3v) is 2.72. The average Bonchev–Trinajstić information content (AvgIpc) is 2.13. The molecule has 0 saturated carbocycles. The van der Waals surface area contributed by atoms with Crippen LogP contribution >= 0.6 is 0 Å². The number of hydrogen-bond donors (Lipinski definition) is 2. The van der Waals surface area contributed by atoms with Crippen LogP contribution in [0.3, 0.4) is 0 Å². The van der Waals surface area contributed by atoms with Crippen LogP contribution in [0.2, 0.25) is 0 Å². The molecule has 2 N–H and O–H groups in total. The summed E-state index contributed by atoms with van der Waals surface area (Å²) in [5, 5.41) is 13.0. The highest BCUT2D eigenvalue weighted by Gasteiger charge is 2.18. The van der Waals surface area contributed by atoms with E-state index in [4.69, 9.17) is 4.74 Å². The fourth-order valence-electron chi connectivity index (χ4n) is 0.974. The summed E-state index contributed by atoms with van der Waals surface area (Å²) in [6, 6.07) is 0. The fourth-order valence-corrected chi connectivity index (χ4v) is 0.974. The highest BCUT2D eigenvalue weighted by molar-refractivity contribution is 4.75. The number of nitrogens with one attached hydrogen (secondary N) is 1. The molecule has 1 atom stereocenters. The second-order valence-corrected chi connectivity index (χ2v) is 4.74. The van der Waals surface area contributed by atoms with Crippen LogP contribution in [0.5, 0.6) is 0 Å². The van der Waals surface area contributed by atoms with E-state index >= 15 is 0 Å². The smallest absolute Gasteiger partial charge is 0.0740 e. The van der Waals surface area contributed by atoms with E-state index in [0.717, 1.165) is 19.4 Å². The molecule has 0 aromatic heterocycles.